The molecule has 10 heteroatoms. The van der Waals surface area contributed by atoms with Crippen LogP contribution in [0.4, 0.5) is 5.69 Å². The van der Waals surface area contributed by atoms with Crippen molar-refractivity contribution in [3.05, 3.63) is 52.2 Å². The van der Waals surface area contributed by atoms with Crippen LogP contribution >= 0.6 is 27.5 Å². The highest BCUT2D eigenvalue weighted by Crippen LogP contribution is 2.70. The molecule has 0 spiro atoms. The highest BCUT2D eigenvalue weighted by Gasteiger charge is 2.74. The molecule has 0 aromatic heterocycles. The van der Waals surface area contributed by atoms with Gasteiger partial charge in [-0.05, 0) is 72.6 Å². The molecule has 1 heterocycles. The van der Waals surface area contributed by atoms with E-state index in [1.165, 1.54) is 11.1 Å². The van der Waals surface area contributed by atoms with Crippen molar-refractivity contribution in [2.45, 2.75) is 96.3 Å². The first-order valence-electron chi connectivity index (χ1n) is 16.2. The molecule has 0 bridgehead atoms. The Hall–Kier alpha value is -2.20. The molecular weight excluding hydrogens is 660 g/mol. The second-order valence-electron chi connectivity index (χ2n) is 14.2. The van der Waals surface area contributed by atoms with Gasteiger partial charge in [-0.15, -0.1) is 11.6 Å². The lowest BCUT2D eigenvalue weighted by atomic mass is 9.44. The first kappa shape index (κ1) is 32.7. The zero-order valence-electron chi connectivity index (χ0n) is 26.6. The number of ketones is 1. The third kappa shape index (κ3) is 5.02. The zero-order valence-corrected chi connectivity index (χ0v) is 29.0. The van der Waals surface area contributed by atoms with Crippen LogP contribution in [0.25, 0.3) is 0 Å². The number of carbonyl (C=O) groups is 3. The summed E-state index contributed by atoms with van der Waals surface area (Å²) in [6.45, 7) is 9.10. The van der Waals surface area contributed by atoms with E-state index >= 15 is 0 Å². The summed E-state index contributed by atoms with van der Waals surface area (Å²) >= 11 is 10.9. The Labute approximate surface area is 279 Å². The van der Waals surface area contributed by atoms with Gasteiger partial charge in [0.05, 0.1) is 17.8 Å². The second-order valence-corrected chi connectivity index (χ2v) is 15.7. The quantitative estimate of drug-likeness (QED) is 0.195. The van der Waals surface area contributed by atoms with Crippen molar-refractivity contribution in [1.82, 2.24) is 5.43 Å². The fraction of sp³-hybridized carbons (Fsp3) is 0.629. The number of hydrogen-bond donors (Lipinski definition) is 2. The molecular formula is C35H44BrClN2O6. The van der Waals surface area contributed by atoms with Crippen molar-refractivity contribution in [3.63, 3.8) is 0 Å². The molecule has 8 nitrogen and oxygen atoms in total. The normalized spacial score (nSPS) is 39.9. The van der Waals surface area contributed by atoms with Crippen molar-refractivity contribution in [2.24, 2.45) is 34.5 Å². The minimum atomic E-state index is -1.53. The summed E-state index contributed by atoms with van der Waals surface area (Å²) in [6.07, 6.45) is 6.31. The maximum Gasteiger partial charge on any atom is 0.306 e. The number of allylic oxidation sites excluding steroid dienone is 1. The van der Waals surface area contributed by atoms with E-state index in [2.05, 4.69) is 57.7 Å². The van der Waals surface area contributed by atoms with Gasteiger partial charge in [-0.3, -0.25) is 19.4 Å². The maximum absolute atomic E-state index is 14.1. The van der Waals surface area contributed by atoms with E-state index in [-0.39, 0.29) is 59.8 Å². The largest absolute Gasteiger partial charge is 0.457 e. The topological polar surface area (TPSA) is 105 Å². The van der Waals surface area contributed by atoms with Gasteiger partial charge in [-0.25, -0.2) is 5.43 Å². The standard InChI is InChI=1S/C35H44BrClN2O6/c1-6-29(42)44-18-28(41)35(45-30(43)7-2)19(3)11-24-31-25(37)12-21-13-26-20(17-39(38-26)23-10-8-9-22(36)14-23)15-33(21,4)32(31)27(40)16-34(24,35)5/h8-10,13-14,17,19,24-27,31-32,38,40H,6-7,11-12,15-16,18H2,1-5H3/t19-,24+,25-,26?,27+,31-,32+,33+,34+,35+/m1/s1. The van der Waals surface area contributed by atoms with Gasteiger partial charge in [0.1, 0.15) is 0 Å². The van der Waals surface area contributed by atoms with Crippen LogP contribution in [0, 0.1) is 34.5 Å². The van der Waals surface area contributed by atoms with Crippen molar-refractivity contribution in [2.75, 3.05) is 11.6 Å². The first-order chi connectivity index (χ1) is 21.3. The SMILES string of the molecule is CCC(=O)OCC(=O)[C@@]1(OC(=O)CC)[C@H](C)C[C@H]2[C@H]3[C@H]([C@@H](O)C[C@@]21C)[C@@]1(C)CC2=CN(c4cccc(Br)c4)NC2C=C1C[C@H]3Cl. The van der Waals surface area contributed by atoms with E-state index in [1.807, 2.05) is 26.0 Å². The molecule has 4 aliphatic carbocycles. The van der Waals surface area contributed by atoms with Gasteiger partial charge in [0.25, 0.3) is 0 Å². The smallest absolute Gasteiger partial charge is 0.306 e. The van der Waals surface area contributed by atoms with Gasteiger partial charge >= 0.3 is 11.9 Å². The summed E-state index contributed by atoms with van der Waals surface area (Å²) < 4.78 is 12.5. The summed E-state index contributed by atoms with van der Waals surface area (Å²) in [4.78, 5) is 39.1. The van der Waals surface area contributed by atoms with Crippen molar-refractivity contribution in [3.8, 4) is 0 Å². The Balaban J connectivity index is 1.36. The number of fused-ring (bicyclic) bond motifs is 6. The summed E-state index contributed by atoms with van der Waals surface area (Å²) in [5, 5.41) is 14.0. The molecule has 0 radical (unpaired) electrons. The van der Waals surface area contributed by atoms with E-state index in [9.17, 15) is 19.5 Å². The van der Waals surface area contributed by atoms with Gasteiger partial charge in [0, 0.05) is 40.2 Å². The van der Waals surface area contributed by atoms with E-state index < -0.39 is 41.4 Å². The molecule has 0 amide bonds. The lowest BCUT2D eigenvalue weighted by Crippen LogP contribution is -2.66. The number of benzene rings is 1. The molecule has 45 heavy (non-hydrogen) atoms. The molecule has 244 valence electrons. The van der Waals surface area contributed by atoms with Crippen molar-refractivity contribution < 1.29 is 29.0 Å². The van der Waals surface area contributed by atoms with Crippen LogP contribution < -0.4 is 10.4 Å². The third-order valence-corrected chi connectivity index (χ3v) is 12.8. The van der Waals surface area contributed by atoms with Gasteiger partial charge in [-0.2, -0.15) is 0 Å². The van der Waals surface area contributed by atoms with E-state index in [0.717, 1.165) is 16.6 Å². The Morgan fingerprint density at radius 1 is 1.18 bits per heavy atom. The van der Waals surface area contributed by atoms with E-state index in [0.29, 0.717) is 12.8 Å². The van der Waals surface area contributed by atoms with E-state index in [1.54, 1.807) is 13.8 Å². The predicted molar refractivity (Wildman–Crippen MR) is 175 cm³/mol. The molecule has 3 saturated carbocycles. The Morgan fingerprint density at radius 2 is 1.91 bits per heavy atom. The Bertz CT molecular complexity index is 1460. The first-order valence-corrected chi connectivity index (χ1v) is 17.5. The number of alkyl halides is 1. The third-order valence-electron chi connectivity index (χ3n) is 11.8. The van der Waals surface area contributed by atoms with Gasteiger partial charge in [0.2, 0.25) is 5.78 Å². The minimum Gasteiger partial charge on any atom is -0.457 e. The van der Waals surface area contributed by atoms with E-state index in [4.69, 9.17) is 21.1 Å². The highest BCUT2D eigenvalue weighted by atomic mass is 79.9. The number of aliphatic hydroxyl groups is 1. The van der Waals surface area contributed by atoms with Gasteiger partial charge in [-0.1, -0.05) is 68.3 Å². The Kier molecular flexibility index (Phi) is 8.58. The number of esters is 2. The number of nitrogens with zero attached hydrogens (tertiary/aromatic N) is 1. The van der Waals surface area contributed by atoms with Crippen LogP contribution in [-0.4, -0.2) is 52.6 Å². The van der Waals surface area contributed by atoms with Crippen LogP contribution in [-0.2, 0) is 23.9 Å². The Morgan fingerprint density at radius 3 is 2.60 bits per heavy atom. The average Bonchev–Trinajstić information content (AvgIpc) is 3.49. The molecule has 10 atom stereocenters. The summed E-state index contributed by atoms with van der Waals surface area (Å²) in [6, 6.07) is 8.20. The zero-order chi connectivity index (χ0) is 32.5. The predicted octanol–water partition coefficient (Wildman–Crippen LogP) is 6.25. The molecule has 0 saturated heterocycles. The number of aliphatic hydroxyl groups excluding tert-OH is 1. The fourth-order valence-electron chi connectivity index (χ4n) is 9.90. The molecule has 1 aliphatic heterocycles. The molecule has 1 unspecified atom stereocenters. The lowest BCUT2D eigenvalue weighted by Gasteiger charge is -2.62. The second kappa shape index (κ2) is 11.8. The molecule has 5 aliphatic rings. The van der Waals surface area contributed by atoms with Crippen LogP contribution in [0.2, 0.25) is 0 Å². The van der Waals surface area contributed by atoms with Crippen LogP contribution in [0.5, 0.6) is 0 Å². The number of hydrogen-bond acceptors (Lipinski definition) is 8. The van der Waals surface area contributed by atoms with Gasteiger partial charge in [0.15, 0.2) is 12.2 Å². The summed E-state index contributed by atoms with van der Waals surface area (Å²) in [5.74, 6) is -2.05. The molecule has 1 aromatic rings. The monoisotopic (exact) mass is 702 g/mol. The van der Waals surface area contributed by atoms with Crippen LogP contribution in [0.1, 0.15) is 73.1 Å². The van der Waals surface area contributed by atoms with Crippen molar-refractivity contribution in [1.29, 1.82) is 0 Å². The number of hydrazine groups is 1. The average molecular weight is 704 g/mol. The fourth-order valence-corrected chi connectivity index (χ4v) is 10.8. The number of Topliss-reactive ketones (excluding diaryl/α,β-unsaturated/α-hetero) is 1. The van der Waals surface area contributed by atoms with Crippen LogP contribution in [0.3, 0.4) is 0 Å². The van der Waals surface area contributed by atoms with Crippen LogP contribution in [0.15, 0.2) is 52.2 Å². The molecule has 1 aromatic carbocycles. The highest BCUT2D eigenvalue weighted by molar-refractivity contribution is 9.10. The summed E-state index contributed by atoms with van der Waals surface area (Å²) in [7, 11) is 0. The molecule has 6 rings (SSSR count). The number of rotatable bonds is 7. The number of anilines is 1. The number of nitrogens with one attached hydrogen (secondary N) is 1. The number of ether oxygens (including phenoxy) is 2. The number of carbonyl (C=O) groups excluding carboxylic acids is 3. The number of halogens is 2. The molecule has 2 N–H and O–H groups in total. The lowest BCUT2D eigenvalue weighted by molar-refractivity contribution is -0.207. The minimum absolute atomic E-state index is 0.0505. The maximum atomic E-state index is 14.1. The summed E-state index contributed by atoms with van der Waals surface area (Å²) in [5.41, 5.74) is 4.42. The molecule has 3 fully saturated rings. The van der Waals surface area contributed by atoms with Gasteiger partial charge < -0.3 is 14.6 Å². The van der Waals surface area contributed by atoms with Crippen molar-refractivity contribution >= 4 is 50.9 Å².